The monoisotopic (exact) mass is 522 g/mol. The minimum atomic E-state index is -0.703. The zero-order valence-electron chi connectivity index (χ0n) is 23.6. The molecule has 0 spiro atoms. The minimum Gasteiger partial charge on any atom is -0.507 e. The molecule has 206 valence electrons. The number of likely N-dealkylation sites (tertiary alicyclic amines) is 1. The summed E-state index contributed by atoms with van der Waals surface area (Å²) in [4.78, 5) is 30.6. The van der Waals surface area contributed by atoms with E-state index in [1.54, 1.807) is 4.90 Å². The lowest BCUT2D eigenvalue weighted by atomic mass is 9.85. The highest BCUT2D eigenvalue weighted by Crippen LogP contribution is 2.40. The number of nitrogens with zero attached hydrogens (tertiary/aromatic N) is 2. The lowest BCUT2D eigenvalue weighted by Gasteiger charge is -2.28. The van der Waals surface area contributed by atoms with E-state index in [0.717, 1.165) is 62.9 Å². The van der Waals surface area contributed by atoms with Gasteiger partial charge in [0.05, 0.1) is 11.6 Å². The fourth-order valence-electron chi connectivity index (χ4n) is 4.95. The molecule has 5 nitrogen and oxygen atoms in total. The number of hydrogen-bond donors (Lipinski definition) is 1. The number of carbonyl (C=O) groups excluding carboxylic acids is 2. The summed E-state index contributed by atoms with van der Waals surface area (Å²) in [5.74, 6) is -2.02. The van der Waals surface area contributed by atoms with Gasteiger partial charge in [-0.25, -0.2) is 4.39 Å². The van der Waals surface area contributed by atoms with Gasteiger partial charge in [-0.15, -0.1) is 0 Å². The molecule has 1 atom stereocenters. The number of halogens is 1. The van der Waals surface area contributed by atoms with Crippen molar-refractivity contribution in [2.75, 3.05) is 26.2 Å². The summed E-state index contributed by atoms with van der Waals surface area (Å²) in [5.41, 5.74) is 2.23. The van der Waals surface area contributed by atoms with Gasteiger partial charge in [0, 0.05) is 12.1 Å². The van der Waals surface area contributed by atoms with Gasteiger partial charge in [0.1, 0.15) is 11.6 Å². The second-order valence-electron chi connectivity index (χ2n) is 11.3. The van der Waals surface area contributed by atoms with Gasteiger partial charge >= 0.3 is 0 Å². The lowest BCUT2D eigenvalue weighted by molar-refractivity contribution is -0.140. The number of rotatable bonds is 12. The summed E-state index contributed by atoms with van der Waals surface area (Å²) in [6.45, 7) is 14.1. The highest BCUT2D eigenvalue weighted by Gasteiger charge is 2.45. The molecule has 0 radical (unpaired) electrons. The van der Waals surface area contributed by atoms with E-state index in [1.165, 1.54) is 24.3 Å². The van der Waals surface area contributed by atoms with Crippen molar-refractivity contribution in [3.63, 3.8) is 0 Å². The van der Waals surface area contributed by atoms with Crippen molar-refractivity contribution >= 4 is 17.4 Å². The van der Waals surface area contributed by atoms with Gasteiger partial charge < -0.3 is 14.9 Å². The molecule has 1 saturated heterocycles. The van der Waals surface area contributed by atoms with Crippen LogP contribution in [-0.2, 0) is 15.0 Å². The van der Waals surface area contributed by atoms with Crippen molar-refractivity contribution < 1.29 is 19.1 Å². The first-order valence-electron chi connectivity index (χ1n) is 14.0. The van der Waals surface area contributed by atoms with Crippen molar-refractivity contribution in [2.45, 2.75) is 78.2 Å². The lowest BCUT2D eigenvalue weighted by Crippen LogP contribution is -2.34. The molecule has 1 amide bonds. The largest absolute Gasteiger partial charge is 0.507 e. The molecule has 0 bridgehead atoms. The first-order chi connectivity index (χ1) is 18.1. The average Bonchev–Trinajstić information content (AvgIpc) is 3.14. The Morgan fingerprint density at radius 1 is 0.895 bits per heavy atom. The van der Waals surface area contributed by atoms with Crippen LogP contribution >= 0.6 is 0 Å². The van der Waals surface area contributed by atoms with E-state index in [2.05, 4.69) is 39.5 Å². The Balaban J connectivity index is 1.95. The van der Waals surface area contributed by atoms with Gasteiger partial charge in [-0.1, -0.05) is 71.7 Å². The van der Waals surface area contributed by atoms with E-state index < -0.39 is 23.5 Å². The van der Waals surface area contributed by atoms with Gasteiger partial charge in [0.2, 0.25) is 0 Å². The predicted octanol–water partition coefficient (Wildman–Crippen LogP) is 6.84. The molecule has 1 heterocycles. The van der Waals surface area contributed by atoms with E-state index >= 15 is 0 Å². The summed E-state index contributed by atoms with van der Waals surface area (Å²) in [5, 5.41) is 11.2. The molecular formula is C32H43FN2O3. The fraction of sp³-hybridized carbons (Fsp3) is 0.500. The average molecular weight is 523 g/mol. The third kappa shape index (κ3) is 7.10. The van der Waals surface area contributed by atoms with Crippen LogP contribution in [0.25, 0.3) is 5.76 Å². The van der Waals surface area contributed by atoms with Crippen LogP contribution in [0.3, 0.4) is 0 Å². The molecular weight excluding hydrogens is 479 g/mol. The Kier molecular flexibility index (Phi) is 10.3. The van der Waals surface area contributed by atoms with Crippen LogP contribution in [0, 0.1) is 5.82 Å². The topological polar surface area (TPSA) is 60.9 Å². The molecule has 1 unspecified atom stereocenters. The van der Waals surface area contributed by atoms with Crippen molar-refractivity contribution in [3.05, 3.63) is 76.6 Å². The van der Waals surface area contributed by atoms with Gasteiger partial charge in [-0.05, 0) is 79.7 Å². The van der Waals surface area contributed by atoms with Crippen LogP contribution in [0.5, 0.6) is 0 Å². The quantitative estimate of drug-likeness (QED) is 0.188. The number of hydrogen-bond acceptors (Lipinski definition) is 4. The second-order valence-corrected chi connectivity index (χ2v) is 11.3. The van der Waals surface area contributed by atoms with Crippen molar-refractivity contribution in [2.24, 2.45) is 0 Å². The molecule has 0 saturated carbocycles. The summed E-state index contributed by atoms with van der Waals surface area (Å²) in [6.07, 6.45) is 5.25. The molecule has 2 aromatic rings. The molecule has 1 N–H and O–H groups in total. The van der Waals surface area contributed by atoms with Crippen LogP contribution in [0.2, 0.25) is 0 Å². The number of benzene rings is 2. The van der Waals surface area contributed by atoms with E-state index in [1.807, 2.05) is 24.3 Å². The van der Waals surface area contributed by atoms with Crippen molar-refractivity contribution in [3.8, 4) is 0 Å². The molecule has 1 aliphatic heterocycles. The predicted molar refractivity (Wildman–Crippen MR) is 151 cm³/mol. The SMILES string of the molecule is CCCCN(CCCC)CCCN1C(=O)C(=O)C(=C(O)c2ccc(F)cc2)C1c1ccc(C(C)(C)C)cc1. The summed E-state index contributed by atoms with van der Waals surface area (Å²) < 4.78 is 13.5. The van der Waals surface area contributed by atoms with Crippen LogP contribution in [0.1, 0.15) is 89.5 Å². The Bertz CT molecular complexity index is 1110. The molecule has 1 fully saturated rings. The number of amides is 1. The number of aliphatic hydroxyl groups excluding tert-OH is 1. The highest BCUT2D eigenvalue weighted by molar-refractivity contribution is 6.46. The number of ketones is 1. The zero-order valence-corrected chi connectivity index (χ0v) is 23.6. The Morgan fingerprint density at radius 2 is 1.45 bits per heavy atom. The second kappa shape index (κ2) is 13.2. The van der Waals surface area contributed by atoms with Crippen molar-refractivity contribution in [1.82, 2.24) is 9.80 Å². The summed E-state index contributed by atoms with van der Waals surface area (Å²) >= 11 is 0. The third-order valence-electron chi connectivity index (χ3n) is 7.28. The molecule has 0 aromatic heterocycles. The van der Waals surface area contributed by atoms with Crippen LogP contribution in [0.4, 0.5) is 4.39 Å². The van der Waals surface area contributed by atoms with E-state index in [9.17, 15) is 19.1 Å². The highest BCUT2D eigenvalue weighted by atomic mass is 19.1. The maximum Gasteiger partial charge on any atom is 0.295 e. The fourth-order valence-corrected chi connectivity index (χ4v) is 4.95. The Labute approximate surface area is 227 Å². The first-order valence-corrected chi connectivity index (χ1v) is 14.0. The smallest absolute Gasteiger partial charge is 0.295 e. The standard InChI is InChI=1S/C32H43FN2O3/c1-6-8-19-34(20-9-7-2)21-10-22-35-28(23-11-15-25(16-12-23)32(3,4)5)27(30(37)31(35)38)29(36)24-13-17-26(33)18-14-24/h11-18,28,36H,6-10,19-22H2,1-5H3. The number of aliphatic hydroxyl groups is 1. The van der Waals surface area contributed by atoms with E-state index in [4.69, 9.17) is 0 Å². The van der Waals surface area contributed by atoms with Gasteiger partial charge in [0.15, 0.2) is 0 Å². The Morgan fingerprint density at radius 3 is 1.97 bits per heavy atom. The van der Waals surface area contributed by atoms with E-state index in [-0.39, 0.29) is 16.7 Å². The van der Waals surface area contributed by atoms with Crippen LogP contribution in [-0.4, -0.2) is 52.8 Å². The maximum atomic E-state index is 13.5. The zero-order chi connectivity index (χ0) is 27.9. The maximum absolute atomic E-state index is 13.5. The van der Waals surface area contributed by atoms with Crippen molar-refractivity contribution in [1.29, 1.82) is 0 Å². The normalized spacial score (nSPS) is 17.6. The molecule has 38 heavy (non-hydrogen) atoms. The summed E-state index contributed by atoms with van der Waals surface area (Å²) in [7, 11) is 0. The third-order valence-corrected chi connectivity index (χ3v) is 7.28. The van der Waals surface area contributed by atoms with Crippen LogP contribution in [0.15, 0.2) is 54.1 Å². The number of Topliss-reactive ketones (excluding diaryl/α,β-unsaturated/α-hetero) is 1. The molecule has 6 heteroatoms. The molecule has 1 aliphatic rings. The van der Waals surface area contributed by atoms with E-state index in [0.29, 0.717) is 12.1 Å². The molecule has 2 aromatic carbocycles. The minimum absolute atomic E-state index is 0.0467. The summed E-state index contributed by atoms with van der Waals surface area (Å²) in [6, 6.07) is 12.5. The van der Waals surface area contributed by atoms with Gasteiger partial charge in [-0.3, -0.25) is 9.59 Å². The molecule has 3 rings (SSSR count). The Hall–Kier alpha value is -2.99. The van der Waals surface area contributed by atoms with Crippen LogP contribution < -0.4 is 0 Å². The van der Waals surface area contributed by atoms with Gasteiger partial charge in [-0.2, -0.15) is 0 Å². The van der Waals surface area contributed by atoms with Gasteiger partial charge in [0.25, 0.3) is 11.7 Å². The number of carbonyl (C=O) groups is 2. The first kappa shape index (κ1) is 29.6. The number of unbranched alkanes of at least 4 members (excludes halogenated alkanes) is 2. The molecule has 0 aliphatic carbocycles.